The average Bonchev–Trinajstić information content (AvgIpc) is 3.01. The molecule has 23 heavy (non-hydrogen) atoms. The predicted octanol–water partition coefficient (Wildman–Crippen LogP) is -0.342. The molecule has 3 heterocycles. The highest BCUT2D eigenvalue weighted by Crippen LogP contribution is 2.37. The van der Waals surface area contributed by atoms with E-state index in [0.717, 1.165) is 6.42 Å². The summed E-state index contributed by atoms with van der Waals surface area (Å²) in [5.41, 5.74) is 4.70. The number of aliphatic hydroxyl groups is 1. The van der Waals surface area contributed by atoms with E-state index < -0.39 is 11.5 Å². The quantitative estimate of drug-likeness (QED) is 0.674. The summed E-state index contributed by atoms with van der Waals surface area (Å²) in [6.07, 6.45) is 2.31. The summed E-state index contributed by atoms with van der Waals surface area (Å²) < 4.78 is 5.09. The Balaban J connectivity index is 0.00000192. The van der Waals surface area contributed by atoms with Crippen LogP contribution in [0.2, 0.25) is 0 Å². The minimum absolute atomic E-state index is 0. The standard InChI is InChI=1S/C14H20N4O4.ClH/c15-6-11-17-9(7-22-11)12(20)18-5-2-10(19)14(8-18)3-1-4-16-13(14)21;/h7,10,19H,1-6,8,15H2,(H,16,21);1H/t10-,14-;/m1./s1. The van der Waals surface area contributed by atoms with Crippen LogP contribution >= 0.6 is 12.4 Å². The van der Waals surface area contributed by atoms with Crippen molar-refractivity contribution in [1.82, 2.24) is 15.2 Å². The van der Waals surface area contributed by atoms with Crippen LogP contribution in [0.4, 0.5) is 0 Å². The molecule has 3 rings (SSSR count). The maximum atomic E-state index is 12.5. The van der Waals surface area contributed by atoms with Crippen LogP contribution in [0.5, 0.6) is 0 Å². The lowest BCUT2D eigenvalue weighted by Crippen LogP contribution is -2.62. The van der Waals surface area contributed by atoms with E-state index in [9.17, 15) is 14.7 Å². The fourth-order valence-electron chi connectivity index (χ4n) is 3.28. The molecule has 0 bridgehead atoms. The van der Waals surface area contributed by atoms with Crippen molar-refractivity contribution in [3.8, 4) is 0 Å². The van der Waals surface area contributed by atoms with Crippen LogP contribution in [0, 0.1) is 5.41 Å². The van der Waals surface area contributed by atoms with Crippen LogP contribution in [-0.2, 0) is 11.3 Å². The Morgan fingerprint density at radius 3 is 3.04 bits per heavy atom. The lowest BCUT2D eigenvalue weighted by molar-refractivity contribution is -0.147. The van der Waals surface area contributed by atoms with E-state index in [-0.39, 0.29) is 43.0 Å². The normalized spacial score (nSPS) is 27.5. The van der Waals surface area contributed by atoms with Crippen molar-refractivity contribution in [1.29, 1.82) is 0 Å². The fourth-order valence-corrected chi connectivity index (χ4v) is 3.28. The summed E-state index contributed by atoms with van der Waals surface area (Å²) in [4.78, 5) is 30.4. The highest BCUT2D eigenvalue weighted by atomic mass is 35.5. The van der Waals surface area contributed by atoms with E-state index in [1.807, 2.05) is 0 Å². The molecule has 2 fully saturated rings. The van der Waals surface area contributed by atoms with Gasteiger partial charge in [0.2, 0.25) is 11.8 Å². The Hall–Kier alpha value is -1.64. The number of hydrogen-bond donors (Lipinski definition) is 3. The van der Waals surface area contributed by atoms with Crippen LogP contribution in [0.25, 0.3) is 0 Å². The number of carbonyl (C=O) groups excluding carboxylic acids is 2. The first-order chi connectivity index (χ1) is 10.6. The van der Waals surface area contributed by atoms with Crippen molar-refractivity contribution in [3.05, 3.63) is 17.8 Å². The molecule has 9 heteroatoms. The van der Waals surface area contributed by atoms with Crippen molar-refractivity contribution < 1.29 is 19.1 Å². The van der Waals surface area contributed by atoms with Gasteiger partial charge in [-0.15, -0.1) is 12.4 Å². The smallest absolute Gasteiger partial charge is 0.275 e. The molecule has 2 amide bonds. The number of likely N-dealkylation sites (tertiary alicyclic amines) is 1. The van der Waals surface area contributed by atoms with Gasteiger partial charge in [-0.3, -0.25) is 9.59 Å². The molecule has 0 unspecified atom stereocenters. The Bertz CT molecular complexity index is 593. The number of hydrogen-bond acceptors (Lipinski definition) is 6. The molecule has 0 aromatic carbocycles. The van der Waals surface area contributed by atoms with Crippen molar-refractivity contribution in [2.45, 2.75) is 31.9 Å². The molecule has 0 saturated carbocycles. The zero-order chi connectivity index (χ0) is 15.7. The number of aliphatic hydroxyl groups excluding tert-OH is 1. The van der Waals surface area contributed by atoms with Crippen molar-refractivity contribution in [2.75, 3.05) is 19.6 Å². The van der Waals surface area contributed by atoms with Gasteiger partial charge >= 0.3 is 0 Å². The Kier molecular flexibility index (Phi) is 5.28. The second-order valence-electron chi connectivity index (χ2n) is 5.88. The minimum atomic E-state index is -0.910. The molecular formula is C14H21ClN4O4. The molecule has 128 valence electrons. The number of aromatic nitrogens is 1. The Morgan fingerprint density at radius 1 is 1.61 bits per heavy atom. The van der Waals surface area contributed by atoms with Gasteiger partial charge in [0.05, 0.1) is 18.1 Å². The number of nitrogens with zero attached hydrogens (tertiary/aromatic N) is 2. The van der Waals surface area contributed by atoms with Crippen LogP contribution < -0.4 is 11.1 Å². The lowest BCUT2D eigenvalue weighted by atomic mass is 9.71. The van der Waals surface area contributed by atoms with Gasteiger partial charge < -0.3 is 25.5 Å². The number of nitrogens with two attached hydrogens (primary N) is 1. The molecule has 1 spiro atoms. The first-order valence-corrected chi connectivity index (χ1v) is 7.47. The van der Waals surface area contributed by atoms with Crippen molar-refractivity contribution in [3.63, 3.8) is 0 Å². The molecule has 2 saturated heterocycles. The molecular weight excluding hydrogens is 324 g/mol. The number of piperidine rings is 2. The molecule has 1 aromatic rings. The number of amides is 2. The number of oxazole rings is 1. The summed E-state index contributed by atoms with van der Waals surface area (Å²) in [7, 11) is 0. The van der Waals surface area contributed by atoms with E-state index in [1.165, 1.54) is 6.26 Å². The Morgan fingerprint density at radius 2 is 2.39 bits per heavy atom. The second-order valence-corrected chi connectivity index (χ2v) is 5.88. The zero-order valence-electron chi connectivity index (χ0n) is 12.7. The fraction of sp³-hybridized carbons (Fsp3) is 0.643. The molecule has 2 atom stereocenters. The van der Waals surface area contributed by atoms with Gasteiger partial charge in [0.25, 0.3) is 5.91 Å². The van der Waals surface area contributed by atoms with Crippen LogP contribution in [0.15, 0.2) is 10.7 Å². The minimum Gasteiger partial charge on any atom is -0.447 e. The van der Waals surface area contributed by atoms with E-state index in [2.05, 4.69) is 10.3 Å². The van der Waals surface area contributed by atoms with Gasteiger partial charge in [-0.2, -0.15) is 0 Å². The van der Waals surface area contributed by atoms with Gasteiger partial charge in [0.1, 0.15) is 6.26 Å². The maximum absolute atomic E-state index is 12.5. The number of rotatable bonds is 2. The Labute approximate surface area is 139 Å². The molecule has 0 aliphatic carbocycles. The summed E-state index contributed by atoms with van der Waals surface area (Å²) in [6, 6.07) is 0. The largest absolute Gasteiger partial charge is 0.447 e. The summed E-state index contributed by atoms with van der Waals surface area (Å²) in [5.74, 6) is -0.176. The van der Waals surface area contributed by atoms with E-state index >= 15 is 0 Å². The summed E-state index contributed by atoms with van der Waals surface area (Å²) in [6.45, 7) is 1.33. The molecule has 8 nitrogen and oxygen atoms in total. The van der Waals surface area contributed by atoms with Crippen molar-refractivity contribution >= 4 is 24.2 Å². The topological polar surface area (TPSA) is 122 Å². The van der Waals surface area contributed by atoms with Crippen LogP contribution in [0.3, 0.4) is 0 Å². The van der Waals surface area contributed by atoms with Gasteiger partial charge in [-0.25, -0.2) is 4.98 Å². The number of halogens is 1. The number of nitrogens with one attached hydrogen (secondary N) is 1. The van der Waals surface area contributed by atoms with Gasteiger partial charge in [0.15, 0.2) is 5.69 Å². The van der Waals surface area contributed by atoms with Gasteiger partial charge in [-0.1, -0.05) is 0 Å². The summed E-state index contributed by atoms with van der Waals surface area (Å²) >= 11 is 0. The SMILES string of the molecule is Cl.NCc1nc(C(=O)N2CC[C@@H](O)[C@@]3(CCCNC3=O)C2)co1. The molecule has 4 N–H and O–H groups in total. The predicted molar refractivity (Wildman–Crippen MR) is 82.8 cm³/mol. The van der Waals surface area contributed by atoms with Gasteiger partial charge in [0, 0.05) is 19.6 Å². The van der Waals surface area contributed by atoms with E-state index in [1.54, 1.807) is 4.90 Å². The maximum Gasteiger partial charge on any atom is 0.275 e. The highest BCUT2D eigenvalue weighted by Gasteiger charge is 2.50. The third-order valence-electron chi connectivity index (χ3n) is 4.55. The first kappa shape index (κ1) is 17.7. The number of carbonyl (C=O) groups is 2. The monoisotopic (exact) mass is 344 g/mol. The van der Waals surface area contributed by atoms with E-state index in [4.69, 9.17) is 10.2 Å². The summed E-state index contributed by atoms with van der Waals surface area (Å²) in [5, 5.41) is 13.1. The molecule has 2 aliphatic heterocycles. The van der Waals surface area contributed by atoms with E-state index in [0.29, 0.717) is 31.8 Å². The zero-order valence-corrected chi connectivity index (χ0v) is 13.5. The van der Waals surface area contributed by atoms with Crippen LogP contribution in [-0.4, -0.2) is 52.5 Å². The van der Waals surface area contributed by atoms with Crippen LogP contribution in [0.1, 0.15) is 35.6 Å². The lowest BCUT2D eigenvalue weighted by Gasteiger charge is -2.46. The van der Waals surface area contributed by atoms with Gasteiger partial charge in [-0.05, 0) is 19.3 Å². The first-order valence-electron chi connectivity index (χ1n) is 7.47. The average molecular weight is 345 g/mol. The third-order valence-corrected chi connectivity index (χ3v) is 4.55. The second kappa shape index (κ2) is 6.86. The molecule has 0 radical (unpaired) electrons. The molecule has 2 aliphatic rings. The highest BCUT2D eigenvalue weighted by molar-refractivity contribution is 5.93. The van der Waals surface area contributed by atoms with Crippen molar-refractivity contribution in [2.24, 2.45) is 11.1 Å². The third kappa shape index (κ3) is 3.06. The molecule has 1 aromatic heterocycles.